The first kappa shape index (κ1) is 18.2. The fraction of sp³-hybridized carbons (Fsp3) is 0.400. The van der Waals surface area contributed by atoms with E-state index < -0.39 is 0 Å². The lowest BCUT2D eigenvalue weighted by Crippen LogP contribution is -2.29. The lowest BCUT2D eigenvalue weighted by atomic mass is 10.1. The van der Waals surface area contributed by atoms with E-state index in [4.69, 9.17) is 9.84 Å². The largest absolute Gasteiger partial charge is 0.496 e. The van der Waals surface area contributed by atoms with Crippen LogP contribution in [0.1, 0.15) is 19.5 Å². The van der Waals surface area contributed by atoms with Crippen molar-refractivity contribution in [1.29, 1.82) is 0 Å². The molecule has 0 aliphatic rings. The molecular formula is C20H27N5O. The molecule has 0 unspecified atom stereocenters. The van der Waals surface area contributed by atoms with Crippen molar-refractivity contribution in [2.24, 2.45) is 0 Å². The second-order valence-electron chi connectivity index (χ2n) is 6.24. The van der Waals surface area contributed by atoms with Crippen LogP contribution in [0.3, 0.4) is 0 Å². The third-order valence-electron chi connectivity index (χ3n) is 4.57. The van der Waals surface area contributed by atoms with Crippen LogP contribution in [0, 0.1) is 6.92 Å². The van der Waals surface area contributed by atoms with Gasteiger partial charge in [-0.15, -0.1) is 0 Å². The highest BCUT2D eigenvalue weighted by molar-refractivity contribution is 5.71. The van der Waals surface area contributed by atoms with Crippen molar-refractivity contribution in [2.45, 2.75) is 20.8 Å². The number of likely N-dealkylation sites (N-methyl/N-ethyl adjacent to an activating group) is 1. The van der Waals surface area contributed by atoms with Gasteiger partial charge in [0.05, 0.1) is 12.8 Å². The van der Waals surface area contributed by atoms with Gasteiger partial charge in [0.2, 0.25) is 0 Å². The normalized spacial score (nSPS) is 11.3. The minimum absolute atomic E-state index is 0.809. The maximum absolute atomic E-state index is 5.47. The highest BCUT2D eigenvalue weighted by Crippen LogP contribution is 2.29. The summed E-state index contributed by atoms with van der Waals surface area (Å²) in [4.78, 5) is 7.01. The number of para-hydroxylation sites is 1. The molecule has 0 amide bonds. The molecule has 0 radical (unpaired) electrons. The fourth-order valence-corrected chi connectivity index (χ4v) is 3.10. The number of anilines is 1. The van der Waals surface area contributed by atoms with E-state index in [9.17, 15) is 0 Å². The number of ether oxygens (including phenoxy) is 1. The summed E-state index contributed by atoms with van der Waals surface area (Å²) in [7, 11) is 1.68. The Bertz CT molecular complexity index is 870. The zero-order valence-electron chi connectivity index (χ0n) is 16.0. The molecule has 3 aromatic rings. The van der Waals surface area contributed by atoms with Crippen LogP contribution >= 0.6 is 0 Å². The van der Waals surface area contributed by atoms with Crippen LogP contribution < -0.4 is 10.1 Å². The van der Waals surface area contributed by atoms with Gasteiger partial charge in [0, 0.05) is 36.5 Å². The Balaban J connectivity index is 1.91. The van der Waals surface area contributed by atoms with Gasteiger partial charge in [0.25, 0.3) is 0 Å². The van der Waals surface area contributed by atoms with Crippen LogP contribution in [0.15, 0.2) is 36.4 Å². The van der Waals surface area contributed by atoms with E-state index in [0.717, 1.165) is 60.3 Å². The topological polar surface area (TPSA) is 54.7 Å². The average molecular weight is 353 g/mol. The molecule has 1 aromatic carbocycles. The van der Waals surface area contributed by atoms with E-state index in [-0.39, 0.29) is 0 Å². The summed E-state index contributed by atoms with van der Waals surface area (Å²) < 4.78 is 7.35. The molecule has 1 N–H and O–H groups in total. The van der Waals surface area contributed by atoms with Crippen molar-refractivity contribution in [3.05, 3.63) is 42.1 Å². The van der Waals surface area contributed by atoms with E-state index in [2.05, 4.69) is 29.0 Å². The average Bonchev–Trinajstić information content (AvgIpc) is 3.09. The Hall–Kier alpha value is -2.60. The third kappa shape index (κ3) is 3.80. The predicted molar refractivity (Wildman–Crippen MR) is 106 cm³/mol. The molecule has 0 spiro atoms. The lowest BCUT2D eigenvalue weighted by molar-refractivity contribution is 0.316. The first-order valence-corrected chi connectivity index (χ1v) is 9.13. The molecule has 0 saturated heterocycles. The number of nitrogens with one attached hydrogen (secondary N) is 1. The molecule has 2 heterocycles. The van der Waals surface area contributed by atoms with Gasteiger partial charge < -0.3 is 15.0 Å². The van der Waals surface area contributed by atoms with Crippen LogP contribution in [0.4, 0.5) is 5.82 Å². The molecule has 6 nitrogen and oxygen atoms in total. The SMILES string of the molecule is CCN(CC)CCNc1cc(C)nc2cc(-c3ccccc3OC)nn12. The monoisotopic (exact) mass is 353 g/mol. The maximum atomic E-state index is 5.47. The van der Waals surface area contributed by atoms with Crippen LogP contribution in [0.2, 0.25) is 0 Å². The van der Waals surface area contributed by atoms with E-state index in [1.54, 1.807) is 7.11 Å². The fourth-order valence-electron chi connectivity index (χ4n) is 3.10. The minimum atomic E-state index is 0.809. The zero-order chi connectivity index (χ0) is 18.5. The number of hydrogen-bond donors (Lipinski definition) is 1. The van der Waals surface area contributed by atoms with Gasteiger partial charge in [-0.3, -0.25) is 0 Å². The number of fused-ring (bicyclic) bond motifs is 1. The van der Waals surface area contributed by atoms with Gasteiger partial charge in [0.15, 0.2) is 5.65 Å². The Morgan fingerprint density at radius 1 is 1.15 bits per heavy atom. The van der Waals surface area contributed by atoms with Crippen LogP contribution in [0.5, 0.6) is 5.75 Å². The smallest absolute Gasteiger partial charge is 0.158 e. The van der Waals surface area contributed by atoms with E-state index >= 15 is 0 Å². The number of aryl methyl sites for hydroxylation is 1. The molecule has 0 aliphatic carbocycles. The molecule has 26 heavy (non-hydrogen) atoms. The summed E-state index contributed by atoms with van der Waals surface area (Å²) in [6, 6.07) is 11.9. The standard InChI is InChI=1S/C20H27N5O/c1-5-24(6-2)12-11-21-19-13-15(3)22-20-14-17(23-25(19)20)16-9-7-8-10-18(16)26-4/h7-10,13-14,21H,5-6,11-12H2,1-4H3. The highest BCUT2D eigenvalue weighted by atomic mass is 16.5. The molecule has 0 atom stereocenters. The summed E-state index contributed by atoms with van der Waals surface area (Å²) in [5.74, 6) is 1.77. The second kappa shape index (κ2) is 8.19. The zero-order valence-corrected chi connectivity index (χ0v) is 16.0. The summed E-state index contributed by atoms with van der Waals surface area (Å²) in [5.41, 5.74) is 3.62. The van der Waals surface area contributed by atoms with Crippen LogP contribution in [0.25, 0.3) is 16.9 Å². The van der Waals surface area contributed by atoms with Gasteiger partial charge in [-0.2, -0.15) is 9.61 Å². The number of benzene rings is 1. The Morgan fingerprint density at radius 2 is 1.92 bits per heavy atom. The highest BCUT2D eigenvalue weighted by Gasteiger charge is 2.13. The summed E-state index contributed by atoms with van der Waals surface area (Å²) in [6.07, 6.45) is 0. The number of rotatable bonds is 8. The van der Waals surface area contributed by atoms with Crippen molar-refractivity contribution in [1.82, 2.24) is 19.5 Å². The molecule has 3 rings (SSSR count). The van der Waals surface area contributed by atoms with Gasteiger partial charge >= 0.3 is 0 Å². The summed E-state index contributed by atoms with van der Waals surface area (Å²) in [5, 5.41) is 8.28. The lowest BCUT2D eigenvalue weighted by Gasteiger charge is -2.18. The van der Waals surface area contributed by atoms with E-state index in [1.165, 1.54) is 0 Å². The number of methoxy groups -OCH3 is 1. The summed E-state index contributed by atoms with van der Waals surface area (Å²) in [6.45, 7) is 10.4. The van der Waals surface area contributed by atoms with Gasteiger partial charge in [-0.1, -0.05) is 26.0 Å². The van der Waals surface area contributed by atoms with Gasteiger partial charge in [-0.25, -0.2) is 4.98 Å². The molecule has 6 heteroatoms. The molecule has 0 fully saturated rings. The molecule has 138 valence electrons. The maximum Gasteiger partial charge on any atom is 0.158 e. The first-order valence-electron chi connectivity index (χ1n) is 9.13. The number of aromatic nitrogens is 3. The van der Waals surface area contributed by atoms with Crippen molar-refractivity contribution >= 4 is 11.5 Å². The molecule has 0 saturated carbocycles. The quantitative estimate of drug-likeness (QED) is 0.672. The number of nitrogens with zero attached hydrogens (tertiary/aromatic N) is 4. The Morgan fingerprint density at radius 3 is 2.65 bits per heavy atom. The van der Waals surface area contributed by atoms with Crippen molar-refractivity contribution in [3.63, 3.8) is 0 Å². The van der Waals surface area contributed by atoms with Gasteiger partial charge in [0.1, 0.15) is 11.6 Å². The minimum Gasteiger partial charge on any atom is -0.496 e. The van der Waals surface area contributed by atoms with Crippen LogP contribution in [-0.2, 0) is 0 Å². The molecule has 0 bridgehead atoms. The Kier molecular flexibility index (Phi) is 5.73. The second-order valence-corrected chi connectivity index (χ2v) is 6.24. The predicted octanol–water partition coefficient (Wildman–Crippen LogP) is 3.47. The van der Waals surface area contributed by atoms with Gasteiger partial charge in [-0.05, 0) is 32.1 Å². The molecule has 2 aromatic heterocycles. The van der Waals surface area contributed by atoms with Crippen molar-refractivity contribution in [3.8, 4) is 17.0 Å². The summed E-state index contributed by atoms with van der Waals surface area (Å²) >= 11 is 0. The Labute approximate surface area is 154 Å². The molecular weight excluding hydrogens is 326 g/mol. The van der Waals surface area contributed by atoms with Crippen LogP contribution in [-0.4, -0.2) is 52.8 Å². The molecule has 0 aliphatic heterocycles. The first-order chi connectivity index (χ1) is 12.7. The van der Waals surface area contributed by atoms with Crippen molar-refractivity contribution < 1.29 is 4.74 Å². The van der Waals surface area contributed by atoms with E-state index in [1.807, 2.05) is 47.8 Å². The van der Waals surface area contributed by atoms with E-state index in [0.29, 0.717) is 0 Å². The number of hydrogen-bond acceptors (Lipinski definition) is 5. The van der Waals surface area contributed by atoms with Crippen molar-refractivity contribution in [2.75, 3.05) is 38.6 Å². The third-order valence-corrected chi connectivity index (χ3v) is 4.57.